The Balaban J connectivity index is 2.00. The summed E-state index contributed by atoms with van der Waals surface area (Å²) in [5, 5.41) is 4.59. The normalized spacial score (nSPS) is 10.9. The molecule has 118 valence electrons. The van der Waals surface area contributed by atoms with Gasteiger partial charge in [-0.05, 0) is 19.1 Å². The lowest BCUT2D eigenvalue weighted by Gasteiger charge is -2.09. The highest BCUT2D eigenvalue weighted by molar-refractivity contribution is 5.82. The van der Waals surface area contributed by atoms with Gasteiger partial charge in [-0.3, -0.25) is 0 Å². The van der Waals surface area contributed by atoms with E-state index >= 15 is 0 Å². The van der Waals surface area contributed by atoms with E-state index < -0.39 is 0 Å². The van der Waals surface area contributed by atoms with Crippen molar-refractivity contribution in [2.45, 2.75) is 6.92 Å². The molecule has 0 saturated heterocycles. The van der Waals surface area contributed by atoms with Crippen molar-refractivity contribution in [3.63, 3.8) is 0 Å². The van der Waals surface area contributed by atoms with Crippen molar-refractivity contribution in [2.75, 3.05) is 7.11 Å². The molecule has 2 aromatic heterocycles. The first kappa shape index (κ1) is 14.5. The number of fused-ring (bicyclic) bond motifs is 1. The first-order valence-electron chi connectivity index (χ1n) is 7.82. The Morgan fingerprint density at radius 2 is 1.67 bits per heavy atom. The first-order chi connectivity index (χ1) is 11.8. The van der Waals surface area contributed by atoms with E-state index in [2.05, 4.69) is 23.3 Å². The molecule has 0 N–H and O–H groups in total. The lowest BCUT2D eigenvalue weighted by atomic mass is 10.1. The van der Waals surface area contributed by atoms with Crippen LogP contribution in [-0.2, 0) is 0 Å². The van der Waals surface area contributed by atoms with Crippen LogP contribution in [-0.4, -0.2) is 21.7 Å². The van der Waals surface area contributed by atoms with Gasteiger partial charge < -0.3 is 4.74 Å². The van der Waals surface area contributed by atoms with Gasteiger partial charge in [-0.2, -0.15) is 5.10 Å². The quantitative estimate of drug-likeness (QED) is 0.563. The Labute approximate surface area is 140 Å². The minimum atomic E-state index is 0.817. The van der Waals surface area contributed by atoms with Crippen molar-refractivity contribution in [2.24, 2.45) is 0 Å². The largest absolute Gasteiger partial charge is 0.496 e. The highest BCUT2D eigenvalue weighted by Gasteiger charge is 2.15. The van der Waals surface area contributed by atoms with Gasteiger partial charge in [0.05, 0.1) is 24.6 Å². The van der Waals surface area contributed by atoms with E-state index in [1.54, 1.807) is 7.11 Å². The number of hydrogen-bond donors (Lipinski definition) is 0. The van der Waals surface area contributed by atoms with Crippen LogP contribution < -0.4 is 4.74 Å². The third-order valence-corrected chi connectivity index (χ3v) is 4.07. The van der Waals surface area contributed by atoms with Crippen LogP contribution in [0.1, 0.15) is 5.69 Å². The van der Waals surface area contributed by atoms with Crippen molar-refractivity contribution in [1.82, 2.24) is 14.6 Å². The Morgan fingerprint density at radius 1 is 0.917 bits per heavy atom. The van der Waals surface area contributed by atoms with Gasteiger partial charge in [0.2, 0.25) is 0 Å². The van der Waals surface area contributed by atoms with Crippen LogP contribution in [0.2, 0.25) is 0 Å². The first-order valence-corrected chi connectivity index (χ1v) is 7.82. The van der Waals surface area contributed by atoms with E-state index in [9.17, 15) is 0 Å². The van der Waals surface area contributed by atoms with Crippen LogP contribution in [0.15, 0.2) is 66.9 Å². The van der Waals surface area contributed by atoms with Crippen LogP contribution in [0.25, 0.3) is 28.0 Å². The van der Waals surface area contributed by atoms with Gasteiger partial charge in [0.15, 0.2) is 5.65 Å². The number of hydrogen-bond acceptors (Lipinski definition) is 3. The molecule has 0 atom stereocenters. The van der Waals surface area contributed by atoms with Gasteiger partial charge in [0.1, 0.15) is 5.75 Å². The van der Waals surface area contributed by atoms with Gasteiger partial charge in [-0.25, -0.2) is 9.50 Å². The summed E-state index contributed by atoms with van der Waals surface area (Å²) in [4.78, 5) is 4.72. The Kier molecular flexibility index (Phi) is 3.50. The molecule has 0 unspecified atom stereocenters. The molecule has 0 aliphatic carbocycles. The minimum absolute atomic E-state index is 0.817. The molecule has 0 fully saturated rings. The van der Waals surface area contributed by atoms with Crippen LogP contribution >= 0.6 is 0 Å². The molecule has 4 rings (SSSR count). The zero-order valence-electron chi connectivity index (χ0n) is 13.6. The zero-order valence-corrected chi connectivity index (χ0v) is 13.6. The molecule has 0 spiro atoms. The summed E-state index contributed by atoms with van der Waals surface area (Å²) in [6, 6.07) is 20.2. The standard InChI is InChI=1S/C20H17N3O/c1-14-12-18(15-8-4-3-5-9-15)23-20(22-14)17(13-21-23)16-10-6-7-11-19(16)24-2/h3-13H,1-2H3. The van der Waals surface area contributed by atoms with Crippen molar-refractivity contribution in [1.29, 1.82) is 0 Å². The number of nitrogens with zero attached hydrogens (tertiary/aromatic N) is 3. The van der Waals surface area contributed by atoms with Crippen molar-refractivity contribution < 1.29 is 4.74 Å². The van der Waals surface area contributed by atoms with Gasteiger partial charge in [0.25, 0.3) is 0 Å². The maximum atomic E-state index is 5.50. The molecule has 0 aliphatic rings. The molecular formula is C20H17N3O. The second-order valence-corrected chi connectivity index (χ2v) is 5.64. The lowest BCUT2D eigenvalue weighted by Crippen LogP contribution is -1.98. The van der Waals surface area contributed by atoms with E-state index in [0.717, 1.165) is 39.5 Å². The van der Waals surface area contributed by atoms with Crippen LogP contribution in [0.4, 0.5) is 0 Å². The molecule has 4 aromatic rings. The highest BCUT2D eigenvalue weighted by atomic mass is 16.5. The fraction of sp³-hybridized carbons (Fsp3) is 0.100. The molecule has 2 aromatic carbocycles. The topological polar surface area (TPSA) is 39.4 Å². The van der Waals surface area contributed by atoms with Crippen LogP contribution in [0.5, 0.6) is 5.75 Å². The number of aryl methyl sites for hydroxylation is 1. The molecule has 24 heavy (non-hydrogen) atoms. The summed E-state index contributed by atoms with van der Waals surface area (Å²) in [5.41, 5.74) is 5.89. The number of rotatable bonds is 3. The summed E-state index contributed by atoms with van der Waals surface area (Å²) in [7, 11) is 1.68. The lowest BCUT2D eigenvalue weighted by molar-refractivity contribution is 0.416. The minimum Gasteiger partial charge on any atom is -0.496 e. The third kappa shape index (κ3) is 2.33. The smallest absolute Gasteiger partial charge is 0.163 e. The van der Waals surface area contributed by atoms with Gasteiger partial charge in [0, 0.05) is 16.8 Å². The van der Waals surface area contributed by atoms with E-state index in [4.69, 9.17) is 9.72 Å². The number of ether oxygens (including phenoxy) is 1. The van der Waals surface area contributed by atoms with E-state index in [1.165, 1.54) is 0 Å². The maximum absolute atomic E-state index is 5.50. The summed E-state index contributed by atoms with van der Waals surface area (Å²) < 4.78 is 7.39. The van der Waals surface area contributed by atoms with Crippen LogP contribution in [0.3, 0.4) is 0 Å². The summed E-state index contributed by atoms with van der Waals surface area (Å²) >= 11 is 0. The molecule has 4 nitrogen and oxygen atoms in total. The van der Waals surface area contributed by atoms with Gasteiger partial charge >= 0.3 is 0 Å². The van der Waals surface area contributed by atoms with Crippen LogP contribution in [0, 0.1) is 6.92 Å². The fourth-order valence-corrected chi connectivity index (χ4v) is 2.96. The molecular weight excluding hydrogens is 298 g/mol. The van der Waals surface area contributed by atoms with Gasteiger partial charge in [-0.1, -0.05) is 48.5 Å². The van der Waals surface area contributed by atoms with Crippen molar-refractivity contribution in [3.05, 3.63) is 72.6 Å². The fourth-order valence-electron chi connectivity index (χ4n) is 2.96. The molecule has 0 saturated carbocycles. The number of methoxy groups -OCH3 is 1. The highest BCUT2D eigenvalue weighted by Crippen LogP contribution is 2.33. The second kappa shape index (κ2) is 5.81. The predicted molar refractivity (Wildman–Crippen MR) is 95.1 cm³/mol. The molecule has 0 radical (unpaired) electrons. The Morgan fingerprint density at radius 3 is 2.46 bits per heavy atom. The average molecular weight is 315 g/mol. The monoisotopic (exact) mass is 315 g/mol. The molecule has 4 heteroatoms. The third-order valence-electron chi connectivity index (χ3n) is 4.07. The number of benzene rings is 2. The molecule has 0 aliphatic heterocycles. The predicted octanol–water partition coefficient (Wildman–Crippen LogP) is 4.38. The van der Waals surface area contributed by atoms with Crippen molar-refractivity contribution >= 4 is 5.65 Å². The van der Waals surface area contributed by atoms with E-state index in [1.807, 2.05) is 60.1 Å². The van der Waals surface area contributed by atoms with Crippen molar-refractivity contribution in [3.8, 4) is 28.1 Å². The molecule has 0 amide bonds. The average Bonchev–Trinajstić information content (AvgIpc) is 3.05. The van der Waals surface area contributed by atoms with E-state index in [0.29, 0.717) is 0 Å². The summed E-state index contributed by atoms with van der Waals surface area (Å²) in [6.45, 7) is 2.01. The summed E-state index contributed by atoms with van der Waals surface area (Å²) in [6.07, 6.45) is 1.85. The molecule has 2 heterocycles. The maximum Gasteiger partial charge on any atom is 0.163 e. The van der Waals surface area contributed by atoms with E-state index in [-0.39, 0.29) is 0 Å². The summed E-state index contributed by atoms with van der Waals surface area (Å²) in [5.74, 6) is 0.817. The molecule has 0 bridgehead atoms. The van der Waals surface area contributed by atoms with Gasteiger partial charge in [-0.15, -0.1) is 0 Å². The zero-order chi connectivity index (χ0) is 16.5. The second-order valence-electron chi connectivity index (χ2n) is 5.64. The number of para-hydroxylation sites is 1. The SMILES string of the molecule is COc1ccccc1-c1cnn2c(-c3ccccc3)cc(C)nc12. The number of aromatic nitrogens is 3. The Hall–Kier alpha value is -3.14. The Bertz CT molecular complexity index is 1010.